The fourth-order valence-corrected chi connectivity index (χ4v) is 1.95. The van der Waals surface area contributed by atoms with Gasteiger partial charge in [0.05, 0.1) is 32.2 Å². The fourth-order valence-electron chi connectivity index (χ4n) is 1.95. The van der Waals surface area contributed by atoms with Crippen LogP contribution in [0.2, 0.25) is 0 Å². The number of aromatic nitrogens is 2. The zero-order valence-corrected chi connectivity index (χ0v) is 10.7. The molecule has 0 fully saturated rings. The monoisotopic (exact) mass is 250 g/mol. The molecule has 6 heteroatoms. The van der Waals surface area contributed by atoms with E-state index < -0.39 is 5.69 Å². The molecule has 0 aliphatic carbocycles. The van der Waals surface area contributed by atoms with Crippen LogP contribution in [0.3, 0.4) is 0 Å². The Balaban J connectivity index is 2.97. The quantitative estimate of drug-likeness (QED) is 0.887. The Morgan fingerprint density at radius 1 is 1.11 bits per heavy atom. The Morgan fingerprint density at radius 2 is 1.78 bits per heavy atom. The number of hydrogen-bond acceptors (Lipinski definition) is 5. The molecule has 96 valence electrons. The van der Waals surface area contributed by atoms with Gasteiger partial charge in [0.15, 0.2) is 11.5 Å². The third-order valence-corrected chi connectivity index (χ3v) is 2.70. The average molecular weight is 250 g/mol. The summed E-state index contributed by atoms with van der Waals surface area (Å²) in [6.07, 6.45) is 0. The highest BCUT2D eigenvalue weighted by Crippen LogP contribution is 2.43. The lowest BCUT2D eigenvalue weighted by molar-refractivity contribution is 0.327. The molecule has 0 aliphatic heterocycles. The molecule has 0 saturated carbocycles. The van der Waals surface area contributed by atoms with Gasteiger partial charge in [0.2, 0.25) is 5.75 Å². The van der Waals surface area contributed by atoms with Gasteiger partial charge in [0, 0.05) is 11.8 Å². The predicted octanol–water partition coefficient (Wildman–Crippen LogP) is 1.26. The topological polar surface area (TPSA) is 73.4 Å². The average Bonchev–Trinajstić information content (AvgIpc) is 2.35. The van der Waals surface area contributed by atoms with Crippen molar-refractivity contribution in [2.45, 2.75) is 6.92 Å². The van der Waals surface area contributed by atoms with Crippen LogP contribution < -0.4 is 19.9 Å². The second kappa shape index (κ2) is 4.56. The minimum Gasteiger partial charge on any atom is -0.493 e. The van der Waals surface area contributed by atoms with Gasteiger partial charge in [-0.2, -0.15) is 4.98 Å². The van der Waals surface area contributed by atoms with Crippen LogP contribution in [0.25, 0.3) is 10.9 Å². The Bertz CT molecular complexity index is 649. The Labute approximate surface area is 104 Å². The lowest BCUT2D eigenvalue weighted by Gasteiger charge is -2.15. The summed E-state index contributed by atoms with van der Waals surface area (Å²) in [4.78, 5) is 17.9. The zero-order valence-electron chi connectivity index (χ0n) is 10.7. The maximum Gasteiger partial charge on any atom is 0.345 e. The number of aryl methyl sites for hydroxylation is 1. The number of ether oxygens (including phenoxy) is 3. The van der Waals surface area contributed by atoms with Gasteiger partial charge < -0.3 is 19.2 Å². The lowest BCUT2D eigenvalue weighted by Crippen LogP contribution is -2.12. The van der Waals surface area contributed by atoms with E-state index in [1.165, 1.54) is 21.3 Å². The summed E-state index contributed by atoms with van der Waals surface area (Å²) in [7, 11) is 4.57. The second-order valence-corrected chi connectivity index (χ2v) is 3.71. The van der Waals surface area contributed by atoms with E-state index in [1.807, 2.05) is 0 Å². The van der Waals surface area contributed by atoms with E-state index in [-0.39, 0.29) is 0 Å². The highest BCUT2D eigenvalue weighted by molar-refractivity contribution is 5.91. The Morgan fingerprint density at radius 3 is 2.33 bits per heavy atom. The van der Waals surface area contributed by atoms with E-state index >= 15 is 0 Å². The maximum atomic E-state index is 11.4. The molecule has 0 saturated heterocycles. The van der Waals surface area contributed by atoms with Crippen molar-refractivity contribution >= 4 is 10.9 Å². The summed E-state index contributed by atoms with van der Waals surface area (Å²) in [6.45, 7) is 1.78. The molecule has 0 radical (unpaired) electrons. The number of fused-ring (bicyclic) bond motifs is 1. The molecule has 0 atom stereocenters. The SMILES string of the molecule is COc1cc2nc(=O)[nH]c(C)c2c(OC)c1OC. The fraction of sp³-hybridized carbons (Fsp3) is 0.333. The van der Waals surface area contributed by atoms with E-state index in [0.29, 0.717) is 33.8 Å². The van der Waals surface area contributed by atoms with Crippen LogP contribution in [-0.4, -0.2) is 31.3 Å². The number of rotatable bonds is 3. The highest BCUT2D eigenvalue weighted by Gasteiger charge is 2.18. The number of aromatic amines is 1. The van der Waals surface area contributed by atoms with Gasteiger partial charge in [-0.15, -0.1) is 0 Å². The van der Waals surface area contributed by atoms with Crippen molar-refractivity contribution in [3.63, 3.8) is 0 Å². The number of nitrogens with one attached hydrogen (secondary N) is 1. The first-order chi connectivity index (χ1) is 8.62. The molecule has 1 heterocycles. The van der Waals surface area contributed by atoms with Gasteiger partial charge in [0.1, 0.15) is 0 Å². The van der Waals surface area contributed by atoms with Crippen molar-refractivity contribution in [3.8, 4) is 17.2 Å². The zero-order chi connectivity index (χ0) is 13.3. The molecule has 1 N–H and O–H groups in total. The first kappa shape index (κ1) is 12.2. The van der Waals surface area contributed by atoms with E-state index in [0.717, 1.165) is 0 Å². The van der Waals surface area contributed by atoms with Crippen LogP contribution in [0.1, 0.15) is 5.69 Å². The number of benzene rings is 1. The van der Waals surface area contributed by atoms with E-state index in [2.05, 4.69) is 9.97 Å². The molecule has 2 rings (SSSR count). The van der Waals surface area contributed by atoms with Crippen LogP contribution in [0.4, 0.5) is 0 Å². The molecule has 18 heavy (non-hydrogen) atoms. The van der Waals surface area contributed by atoms with Crippen molar-refractivity contribution in [2.24, 2.45) is 0 Å². The smallest absolute Gasteiger partial charge is 0.345 e. The van der Waals surface area contributed by atoms with Gasteiger partial charge in [0.25, 0.3) is 0 Å². The van der Waals surface area contributed by atoms with E-state index in [9.17, 15) is 4.79 Å². The van der Waals surface area contributed by atoms with Crippen LogP contribution in [0, 0.1) is 6.92 Å². The molecule has 0 bridgehead atoms. The maximum absolute atomic E-state index is 11.4. The minimum absolute atomic E-state index is 0.408. The summed E-state index contributed by atoms with van der Waals surface area (Å²) in [5.41, 5.74) is 0.767. The van der Waals surface area contributed by atoms with Crippen molar-refractivity contribution in [3.05, 3.63) is 22.2 Å². The first-order valence-electron chi connectivity index (χ1n) is 5.32. The van der Waals surface area contributed by atoms with Crippen molar-refractivity contribution in [1.82, 2.24) is 9.97 Å². The summed E-state index contributed by atoms with van der Waals surface area (Å²) < 4.78 is 15.8. The summed E-state index contributed by atoms with van der Waals surface area (Å²) in [5, 5.41) is 0.703. The highest BCUT2D eigenvalue weighted by atomic mass is 16.5. The van der Waals surface area contributed by atoms with Gasteiger partial charge in [-0.1, -0.05) is 0 Å². The van der Waals surface area contributed by atoms with Crippen molar-refractivity contribution in [1.29, 1.82) is 0 Å². The second-order valence-electron chi connectivity index (χ2n) is 3.71. The number of nitrogens with zero attached hydrogens (tertiary/aromatic N) is 1. The van der Waals surface area contributed by atoms with Gasteiger partial charge in [-0.25, -0.2) is 4.79 Å². The van der Waals surface area contributed by atoms with Gasteiger partial charge in [-0.05, 0) is 6.92 Å². The van der Waals surface area contributed by atoms with E-state index in [1.54, 1.807) is 13.0 Å². The molecule has 0 spiro atoms. The molecule has 1 aromatic heterocycles. The molecule has 0 aliphatic rings. The summed E-state index contributed by atoms with van der Waals surface area (Å²) in [5.74, 6) is 1.44. The van der Waals surface area contributed by atoms with E-state index in [4.69, 9.17) is 14.2 Å². The van der Waals surface area contributed by atoms with Crippen LogP contribution in [0.5, 0.6) is 17.2 Å². The summed E-state index contributed by atoms with van der Waals surface area (Å²) >= 11 is 0. The molecule has 2 aromatic rings. The molecular formula is C12H14N2O4. The van der Waals surface area contributed by atoms with Crippen LogP contribution in [-0.2, 0) is 0 Å². The Kier molecular flexibility index (Phi) is 3.10. The molecule has 0 amide bonds. The number of hydrogen-bond donors (Lipinski definition) is 1. The number of H-pyrrole nitrogens is 1. The third kappa shape index (κ3) is 1.75. The van der Waals surface area contributed by atoms with Crippen LogP contribution >= 0.6 is 0 Å². The number of methoxy groups -OCH3 is 3. The van der Waals surface area contributed by atoms with Crippen molar-refractivity contribution in [2.75, 3.05) is 21.3 Å². The molecule has 0 unspecified atom stereocenters. The predicted molar refractivity (Wildman–Crippen MR) is 66.8 cm³/mol. The molecule has 6 nitrogen and oxygen atoms in total. The molecular weight excluding hydrogens is 236 g/mol. The normalized spacial score (nSPS) is 10.4. The van der Waals surface area contributed by atoms with Gasteiger partial charge >= 0.3 is 5.69 Å². The lowest BCUT2D eigenvalue weighted by atomic mass is 10.1. The third-order valence-electron chi connectivity index (χ3n) is 2.70. The van der Waals surface area contributed by atoms with Crippen LogP contribution in [0.15, 0.2) is 10.9 Å². The molecule has 1 aromatic carbocycles. The Hall–Kier alpha value is -2.24. The standard InChI is InChI=1S/C12H14N2O4/c1-6-9-7(14-12(15)13-6)5-8(16-2)10(17-3)11(9)18-4/h5H,1-4H3,(H,13,14,15). The summed E-state index contributed by atoms with van der Waals surface area (Å²) in [6, 6.07) is 1.65. The van der Waals surface area contributed by atoms with Gasteiger partial charge in [-0.3, -0.25) is 0 Å². The first-order valence-corrected chi connectivity index (χ1v) is 5.32. The minimum atomic E-state index is -0.408. The van der Waals surface area contributed by atoms with Crippen molar-refractivity contribution < 1.29 is 14.2 Å². The largest absolute Gasteiger partial charge is 0.493 e.